The molecule has 0 unspecified atom stereocenters. The van der Waals surface area contributed by atoms with Gasteiger partial charge in [-0.15, -0.1) is 0 Å². The number of nitro groups is 1. The van der Waals surface area contributed by atoms with Crippen LogP contribution in [0.15, 0.2) is 48.5 Å². The van der Waals surface area contributed by atoms with Gasteiger partial charge < -0.3 is 9.64 Å². The number of esters is 1. The van der Waals surface area contributed by atoms with E-state index in [4.69, 9.17) is 21.6 Å². The molecule has 0 saturated carbocycles. The molecular weight excluding hydrogens is 410 g/mol. The summed E-state index contributed by atoms with van der Waals surface area (Å²) in [6, 6.07) is 12.9. The Bertz CT molecular complexity index is 1030. The highest BCUT2D eigenvalue weighted by Gasteiger charge is 2.18. The molecule has 0 spiro atoms. The molecule has 0 aliphatic rings. The number of ether oxygens (including phenoxy) is 1. The number of nitriles is 1. The summed E-state index contributed by atoms with van der Waals surface area (Å²) in [6.07, 6.45) is 2.36. The molecule has 1 amide bonds. The van der Waals surface area contributed by atoms with Gasteiger partial charge in [-0.2, -0.15) is 5.26 Å². The fourth-order valence-corrected chi connectivity index (χ4v) is 2.69. The lowest BCUT2D eigenvalue weighted by molar-refractivity contribution is -0.385. The molecule has 0 N–H and O–H groups in total. The molecule has 2 aromatic carbocycles. The number of benzene rings is 2. The third-order valence-corrected chi connectivity index (χ3v) is 4.50. The zero-order valence-corrected chi connectivity index (χ0v) is 16.8. The van der Waals surface area contributed by atoms with Gasteiger partial charge in [-0.3, -0.25) is 14.9 Å². The van der Waals surface area contributed by atoms with Crippen LogP contribution in [0.2, 0.25) is 5.02 Å². The molecule has 0 radical (unpaired) electrons. The van der Waals surface area contributed by atoms with Crippen molar-refractivity contribution >= 4 is 40.9 Å². The minimum atomic E-state index is -0.825. The van der Waals surface area contributed by atoms with E-state index < -0.39 is 23.4 Å². The predicted molar refractivity (Wildman–Crippen MR) is 112 cm³/mol. The van der Waals surface area contributed by atoms with Gasteiger partial charge >= 0.3 is 5.97 Å². The Balaban J connectivity index is 2.05. The van der Waals surface area contributed by atoms with Crippen molar-refractivity contribution < 1.29 is 19.2 Å². The number of halogens is 1. The van der Waals surface area contributed by atoms with E-state index in [1.54, 1.807) is 31.2 Å². The number of nitrogens with zero attached hydrogens (tertiary/aromatic N) is 3. The van der Waals surface area contributed by atoms with Crippen molar-refractivity contribution in [2.75, 3.05) is 18.1 Å². The van der Waals surface area contributed by atoms with Crippen LogP contribution < -0.4 is 4.90 Å². The summed E-state index contributed by atoms with van der Waals surface area (Å²) in [6.45, 7) is 1.36. The first-order valence-corrected chi connectivity index (χ1v) is 9.23. The smallest absolute Gasteiger partial charge is 0.331 e. The summed E-state index contributed by atoms with van der Waals surface area (Å²) in [7, 11) is 0. The van der Waals surface area contributed by atoms with E-state index in [1.165, 1.54) is 29.2 Å². The van der Waals surface area contributed by atoms with E-state index in [1.807, 2.05) is 6.07 Å². The van der Waals surface area contributed by atoms with Gasteiger partial charge in [0.25, 0.3) is 11.6 Å². The number of anilines is 1. The Morgan fingerprint density at radius 1 is 1.30 bits per heavy atom. The Labute approximate surface area is 178 Å². The zero-order valence-electron chi connectivity index (χ0n) is 16.1. The molecule has 8 nitrogen and oxygen atoms in total. The van der Waals surface area contributed by atoms with Gasteiger partial charge in [-0.05, 0) is 42.8 Å². The van der Waals surface area contributed by atoms with Crippen LogP contribution >= 0.6 is 11.6 Å². The highest BCUT2D eigenvalue weighted by atomic mass is 35.5. The summed E-state index contributed by atoms with van der Waals surface area (Å²) < 4.78 is 4.97. The second kappa shape index (κ2) is 10.7. The molecule has 0 atom stereocenters. The van der Waals surface area contributed by atoms with Crippen molar-refractivity contribution in [1.29, 1.82) is 5.26 Å². The van der Waals surface area contributed by atoms with Gasteiger partial charge in [0.2, 0.25) is 0 Å². The summed E-state index contributed by atoms with van der Waals surface area (Å²) >= 11 is 6.01. The average Bonchev–Trinajstić information content (AvgIpc) is 2.73. The van der Waals surface area contributed by atoms with Crippen molar-refractivity contribution in [3.8, 4) is 6.07 Å². The zero-order chi connectivity index (χ0) is 22.1. The Kier molecular flexibility index (Phi) is 8.08. The predicted octanol–water partition coefficient (Wildman–Crippen LogP) is 4.06. The lowest BCUT2D eigenvalue weighted by Crippen LogP contribution is -2.35. The maximum Gasteiger partial charge on any atom is 0.331 e. The Morgan fingerprint density at radius 2 is 2.03 bits per heavy atom. The maximum atomic E-state index is 12.6. The first-order valence-electron chi connectivity index (χ1n) is 8.85. The number of hydrogen-bond acceptors (Lipinski definition) is 6. The van der Waals surface area contributed by atoms with Crippen molar-refractivity contribution in [2.45, 2.75) is 13.3 Å². The summed E-state index contributed by atoms with van der Waals surface area (Å²) in [4.78, 5) is 36.3. The van der Waals surface area contributed by atoms with Gasteiger partial charge in [0.15, 0.2) is 6.61 Å². The topological polar surface area (TPSA) is 114 Å². The lowest BCUT2D eigenvalue weighted by Gasteiger charge is -2.22. The third kappa shape index (κ3) is 6.15. The molecule has 0 aliphatic carbocycles. The van der Waals surface area contributed by atoms with E-state index >= 15 is 0 Å². The first kappa shape index (κ1) is 22.6. The highest BCUT2D eigenvalue weighted by molar-refractivity contribution is 6.31. The van der Waals surface area contributed by atoms with Crippen LogP contribution in [0, 0.1) is 28.4 Å². The number of carbonyl (C=O) groups excluding carboxylic acids is 2. The number of hydrogen-bond donors (Lipinski definition) is 0. The Hall–Kier alpha value is -3.70. The van der Waals surface area contributed by atoms with Crippen LogP contribution in [0.3, 0.4) is 0 Å². The molecule has 2 aromatic rings. The number of para-hydroxylation sites is 1. The average molecular weight is 428 g/mol. The van der Waals surface area contributed by atoms with E-state index in [0.717, 1.165) is 11.6 Å². The van der Waals surface area contributed by atoms with Crippen LogP contribution in [0.4, 0.5) is 11.4 Å². The normalized spacial score (nSPS) is 10.4. The van der Waals surface area contributed by atoms with Crippen LogP contribution in [0.25, 0.3) is 6.08 Å². The fourth-order valence-electron chi connectivity index (χ4n) is 2.57. The monoisotopic (exact) mass is 427 g/mol. The van der Waals surface area contributed by atoms with Crippen LogP contribution in [-0.2, 0) is 14.3 Å². The highest BCUT2D eigenvalue weighted by Crippen LogP contribution is 2.23. The van der Waals surface area contributed by atoms with Crippen molar-refractivity contribution in [3.05, 3.63) is 74.8 Å². The summed E-state index contributed by atoms with van der Waals surface area (Å²) in [5.74, 6) is -1.34. The summed E-state index contributed by atoms with van der Waals surface area (Å²) in [5, 5.41) is 20.4. The minimum Gasteiger partial charge on any atom is -0.452 e. The largest absolute Gasteiger partial charge is 0.452 e. The van der Waals surface area contributed by atoms with Crippen molar-refractivity contribution in [3.63, 3.8) is 0 Å². The summed E-state index contributed by atoms with van der Waals surface area (Å²) in [5.41, 5.74) is 1.37. The second-order valence-electron chi connectivity index (χ2n) is 6.14. The van der Waals surface area contributed by atoms with E-state index in [2.05, 4.69) is 0 Å². The standard InChI is InChI=1S/C21H18ClN3O5/c1-15-13-17(8-9-18(15)22)24(12-4-11-23)20(26)14-30-21(27)10-7-16-5-2-3-6-19(16)25(28)29/h2-3,5-10,13H,4,12,14H2,1H3/b10-7+. The van der Waals surface area contributed by atoms with Crippen LogP contribution in [0.5, 0.6) is 0 Å². The van der Waals surface area contributed by atoms with Gasteiger partial charge in [0.1, 0.15) is 0 Å². The number of nitro benzene ring substituents is 1. The minimum absolute atomic E-state index is 0.0962. The molecule has 2 rings (SSSR count). The molecule has 0 saturated heterocycles. The number of carbonyl (C=O) groups is 2. The molecule has 0 bridgehead atoms. The molecule has 0 fully saturated rings. The van der Waals surface area contributed by atoms with Crippen LogP contribution in [-0.4, -0.2) is 30.0 Å². The van der Waals surface area contributed by atoms with Gasteiger partial charge in [0.05, 0.1) is 23.0 Å². The Morgan fingerprint density at radius 3 is 2.70 bits per heavy atom. The van der Waals surface area contributed by atoms with Gasteiger partial charge in [-0.1, -0.05) is 23.7 Å². The fraction of sp³-hybridized carbons (Fsp3) is 0.190. The molecule has 0 aliphatic heterocycles. The van der Waals surface area contributed by atoms with Crippen molar-refractivity contribution in [2.24, 2.45) is 0 Å². The third-order valence-electron chi connectivity index (χ3n) is 4.07. The molecule has 0 aromatic heterocycles. The van der Waals surface area contributed by atoms with Gasteiger partial charge in [0, 0.05) is 29.4 Å². The quantitative estimate of drug-likeness (QED) is 0.271. The van der Waals surface area contributed by atoms with Gasteiger partial charge in [-0.25, -0.2) is 4.79 Å². The van der Waals surface area contributed by atoms with E-state index in [-0.39, 0.29) is 24.2 Å². The van der Waals surface area contributed by atoms with Crippen LogP contribution in [0.1, 0.15) is 17.5 Å². The maximum absolute atomic E-state index is 12.6. The molecular formula is C21H18ClN3O5. The first-order chi connectivity index (χ1) is 14.3. The SMILES string of the molecule is Cc1cc(N(CCC#N)C(=O)COC(=O)/C=C/c2ccccc2[N+](=O)[O-])ccc1Cl. The molecule has 9 heteroatoms. The number of amides is 1. The van der Waals surface area contributed by atoms with Crippen molar-refractivity contribution in [1.82, 2.24) is 0 Å². The van der Waals surface area contributed by atoms with E-state index in [0.29, 0.717) is 10.7 Å². The van der Waals surface area contributed by atoms with E-state index in [9.17, 15) is 19.7 Å². The molecule has 154 valence electrons. The number of rotatable bonds is 8. The second-order valence-corrected chi connectivity index (χ2v) is 6.55. The lowest BCUT2D eigenvalue weighted by atomic mass is 10.1. The number of aryl methyl sites for hydroxylation is 1. The molecule has 0 heterocycles. The molecule has 30 heavy (non-hydrogen) atoms.